The van der Waals surface area contributed by atoms with E-state index >= 15 is 0 Å². The first-order valence-electron chi connectivity index (χ1n) is 8.25. The van der Waals surface area contributed by atoms with E-state index < -0.39 is 0 Å². The van der Waals surface area contributed by atoms with Crippen LogP contribution in [0.1, 0.15) is 26.1 Å². The molecule has 2 heterocycles. The summed E-state index contributed by atoms with van der Waals surface area (Å²) in [5, 5.41) is 3.55. The molecule has 2 N–H and O–H groups in total. The second-order valence-corrected chi connectivity index (χ2v) is 7.53. The van der Waals surface area contributed by atoms with Gasteiger partial charge in [0.15, 0.2) is 0 Å². The molecule has 5 nitrogen and oxygen atoms in total. The van der Waals surface area contributed by atoms with Gasteiger partial charge < -0.3 is 15.2 Å². The number of nitrogens with one attached hydrogen (secondary N) is 2. The topological polar surface area (TPSA) is 61.0 Å². The van der Waals surface area contributed by atoms with Gasteiger partial charge in [0.25, 0.3) is 0 Å². The van der Waals surface area contributed by atoms with Crippen LogP contribution in [0, 0.1) is 0 Å². The average molecular weight is 332 g/mol. The zero-order valence-corrected chi connectivity index (χ0v) is 14.5. The molecule has 23 heavy (non-hydrogen) atoms. The van der Waals surface area contributed by atoms with E-state index in [1.54, 1.807) is 0 Å². The highest BCUT2D eigenvalue weighted by atomic mass is 32.2. The van der Waals surface area contributed by atoms with Crippen molar-refractivity contribution in [1.82, 2.24) is 20.2 Å². The molecule has 2 aromatic rings. The fourth-order valence-electron chi connectivity index (χ4n) is 2.90. The summed E-state index contributed by atoms with van der Waals surface area (Å²) in [6.07, 6.45) is 1.73. The Hall–Kier alpha value is -1.69. The van der Waals surface area contributed by atoms with Gasteiger partial charge in [-0.3, -0.25) is 0 Å². The van der Waals surface area contributed by atoms with Crippen molar-refractivity contribution in [3.8, 4) is 0 Å². The number of aromatic nitrogens is 2. The van der Waals surface area contributed by atoms with Crippen molar-refractivity contribution in [3.05, 3.63) is 30.1 Å². The molecule has 6 heteroatoms. The van der Waals surface area contributed by atoms with E-state index in [1.165, 1.54) is 0 Å². The number of aromatic amines is 1. The number of nitrogens with zero attached hydrogens (tertiary/aromatic N) is 2. The van der Waals surface area contributed by atoms with Crippen LogP contribution >= 0.6 is 11.8 Å². The molecule has 1 fully saturated rings. The molecule has 0 saturated carbocycles. The van der Waals surface area contributed by atoms with Crippen molar-refractivity contribution in [1.29, 1.82) is 0 Å². The number of hydrogen-bond donors (Lipinski definition) is 2. The number of carbonyl (C=O) groups is 1. The highest BCUT2D eigenvalue weighted by Gasteiger charge is 2.28. The first-order chi connectivity index (χ1) is 11.1. The van der Waals surface area contributed by atoms with E-state index in [0.29, 0.717) is 17.8 Å². The van der Waals surface area contributed by atoms with E-state index in [4.69, 9.17) is 0 Å². The van der Waals surface area contributed by atoms with Gasteiger partial charge in [-0.2, -0.15) is 11.8 Å². The minimum absolute atomic E-state index is 0.0641. The van der Waals surface area contributed by atoms with Crippen molar-refractivity contribution in [3.63, 3.8) is 0 Å². The van der Waals surface area contributed by atoms with Crippen LogP contribution in [0.5, 0.6) is 0 Å². The second-order valence-electron chi connectivity index (χ2n) is 6.05. The molecule has 1 aliphatic rings. The van der Waals surface area contributed by atoms with Crippen LogP contribution in [0.25, 0.3) is 11.0 Å². The van der Waals surface area contributed by atoms with Gasteiger partial charge >= 0.3 is 6.03 Å². The Morgan fingerprint density at radius 2 is 2.26 bits per heavy atom. The quantitative estimate of drug-likeness (QED) is 0.846. The molecule has 0 radical (unpaired) electrons. The lowest BCUT2D eigenvalue weighted by molar-refractivity contribution is 0.180. The Morgan fingerprint density at radius 1 is 1.43 bits per heavy atom. The van der Waals surface area contributed by atoms with Gasteiger partial charge in [-0.1, -0.05) is 19.1 Å². The Labute approximate surface area is 141 Å². The Kier molecular flexibility index (Phi) is 5.10. The van der Waals surface area contributed by atoms with E-state index in [2.05, 4.69) is 29.1 Å². The lowest BCUT2D eigenvalue weighted by atomic mass is 10.2. The van der Waals surface area contributed by atoms with Gasteiger partial charge in [-0.05, 0) is 25.5 Å². The van der Waals surface area contributed by atoms with Gasteiger partial charge in [0.2, 0.25) is 0 Å². The number of rotatable bonds is 4. The van der Waals surface area contributed by atoms with Gasteiger partial charge in [-0.25, -0.2) is 9.78 Å². The summed E-state index contributed by atoms with van der Waals surface area (Å²) in [5.74, 6) is 2.01. The molecule has 1 aliphatic heterocycles. The molecule has 0 aliphatic carbocycles. The van der Waals surface area contributed by atoms with Crippen LogP contribution in [-0.2, 0) is 6.42 Å². The van der Waals surface area contributed by atoms with Crippen molar-refractivity contribution < 1.29 is 4.79 Å². The summed E-state index contributed by atoms with van der Waals surface area (Å²) >= 11 is 1.94. The van der Waals surface area contributed by atoms with Gasteiger partial charge in [-0.15, -0.1) is 0 Å². The van der Waals surface area contributed by atoms with Crippen molar-refractivity contribution in [2.45, 2.75) is 38.0 Å². The van der Waals surface area contributed by atoms with E-state index in [9.17, 15) is 4.79 Å². The van der Waals surface area contributed by atoms with Gasteiger partial charge in [0.1, 0.15) is 5.82 Å². The Morgan fingerprint density at radius 3 is 3.09 bits per heavy atom. The first kappa shape index (κ1) is 16.2. The fraction of sp³-hybridized carbons (Fsp3) is 0.529. The lowest BCUT2D eigenvalue weighted by Gasteiger charge is -2.37. The number of imidazole rings is 1. The summed E-state index contributed by atoms with van der Waals surface area (Å²) in [5.41, 5.74) is 2.07. The molecule has 2 amide bonds. The van der Waals surface area contributed by atoms with Crippen LogP contribution in [0.3, 0.4) is 0 Å². The molecule has 0 bridgehead atoms. The molecule has 0 spiro atoms. The molecule has 1 saturated heterocycles. The number of carbonyl (C=O) groups excluding carboxylic acids is 1. The second kappa shape index (κ2) is 7.25. The zero-order valence-electron chi connectivity index (χ0n) is 13.7. The molecular formula is C17H24N4OS. The van der Waals surface area contributed by atoms with Crippen LogP contribution in [0.2, 0.25) is 0 Å². The maximum atomic E-state index is 12.3. The van der Waals surface area contributed by atoms with Crippen molar-refractivity contribution in [2.24, 2.45) is 0 Å². The summed E-state index contributed by atoms with van der Waals surface area (Å²) in [4.78, 5) is 22.1. The number of aryl methyl sites for hydroxylation is 1. The monoisotopic (exact) mass is 332 g/mol. The number of thioether (sulfide) groups is 1. The SMILES string of the molecule is C[C@@H]1SCCN(C(=O)NCCCc2nc3ccccc3[nH]2)[C@@H]1C. The predicted octanol–water partition coefficient (Wildman–Crippen LogP) is 3.03. The van der Waals surface area contributed by atoms with Crippen molar-refractivity contribution in [2.75, 3.05) is 18.8 Å². The van der Waals surface area contributed by atoms with E-state index in [1.807, 2.05) is 40.9 Å². The summed E-state index contributed by atoms with van der Waals surface area (Å²) in [6.45, 7) is 5.84. The standard InChI is InChI=1S/C17H24N4OS/c1-12-13(2)23-11-10-21(12)17(22)18-9-5-8-16-19-14-6-3-4-7-15(14)20-16/h3-4,6-7,12-13H,5,8-11H2,1-2H3,(H,18,22)(H,19,20)/t12-,13+/m1/s1. The highest BCUT2D eigenvalue weighted by molar-refractivity contribution is 8.00. The smallest absolute Gasteiger partial charge is 0.317 e. The maximum absolute atomic E-state index is 12.3. The largest absolute Gasteiger partial charge is 0.342 e. The lowest BCUT2D eigenvalue weighted by Crippen LogP contribution is -2.52. The number of hydrogen-bond acceptors (Lipinski definition) is 3. The average Bonchev–Trinajstić information content (AvgIpc) is 2.96. The Bertz CT molecular complexity index is 638. The molecule has 0 unspecified atom stereocenters. The molecule has 1 aromatic carbocycles. The van der Waals surface area contributed by atoms with E-state index in [-0.39, 0.29) is 6.03 Å². The maximum Gasteiger partial charge on any atom is 0.317 e. The van der Waals surface area contributed by atoms with Crippen molar-refractivity contribution >= 4 is 28.8 Å². The molecule has 3 rings (SSSR count). The molecule has 1 aromatic heterocycles. The van der Waals surface area contributed by atoms with Crippen LogP contribution < -0.4 is 5.32 Å². The number of fused-ring (bicyclic) bond motifs is 1. The number of amides is 2. The number of urea groups is 1. The predicted molar refractivity (Wildman–Crippen MR) is 95.9 cm³/mol. The third-order valence-electron chi connectivity index (χ3n) is 4.45. The summed E-state index contributed by atoms with van der Waals surface area (Å²) < 4.78 is 0. The summed E-state index contributed by atoms with van der Waals surface area (Å²) in [7, 11) is 0. The highest BCUT2D eigenvalue weighted by Crippen LogP contribution is 2.24. The minimum Gasteiger partial charge on any atom is -0.342 e. The van der Waals surface area contributed by atoms with Crippen LogP contribution in [-0.4, -0.2) is 51.0 Å². The van der Waals surface area contributed by atoms with Gasteiger partial charge in [0.05, 0.1) is 11.0 Å². The fourth-order valence-corrected chi connectivity index (χ4v) is 4.00. The number of H-pyrrole nitrogens is 1. The van der Waals surface area contributed by atoms with E-state index in [0.717, 1.165) is 42.0 Å². The normalized spacial score (nSPS) is 21.6. The van der Waals surface area contributed by atoms with Crippen LogP contribution in [0.15, 0.2) is 24.3 Å². The minimum atomic E-state index is 0.0641. The van der Waals surface area contributed by atoms with Crippen LogP contribution in [0.4, 0.5) is 4.79 Å². The Balaban J connectivity index is 1.45. The molecule has 124 valence electrons. The third-order valence-corrected chi connectivity index (χ3v) is 5.79. The molecule has 2 atom stereocenters. The molecular weight excluding hydrogens is 308 g/mol. The first-order valence-corrected chi connectivity index (χ1v) is 9.29. The number of para-hydroxylation sites is 2. The zero-order chi connectivity index (χ0) is 16.2. The summed E-state index contributed by atoms with van der Waals surface area (Å²) in [6, 6.07) is 8.40. The third kappa shape index (κ3) is 3.80. The number of benzene rings is 1. The van der Waals surface area contributed by atoms with Gasteiger partial charge in [0, 0.05) is 36.6 Å².